The number of hydrogen-bond donors (Lipinski definition) is 5. The Kier molecular flexibility index (Phi) is 7.45. The van der Waals surface area contributed by atoms with Crippen LogP contribution in [0.1, 0.15) is 68.4 Å². The van der Waals surface area contributed by atoms with Gasteiger partial charge in [0.1, 0.15) is 6.61 Å². The molecule has 3 aliphatic rings. The summed E-state index contributed by atoms with van der Waals surface area (Å²) in [7, 11) is 0. The lowest BCUT2D eigenvalue weighted by atomic mass is 9.85. The maximum atomic E-state index is 13.6. The highest BCUT2D eigenvalue weighted by Crippen LogP contribution is 2.43. The van der Waals surface area contributed by atoms with Crippen molar-refractivity contribution >= 4 is 34.6 Å². The van der Waals surface area contributed by atoms with Gasteiger partial charge in [-0.3, -0.25) is 9.59 Å². The summed E-state index contributed by atoms with van der Waals surface area (Å²) >= 11 is 0. The number of ether oxygens (including phenoxy) is 1. The second kappa shape index (κ2) is 11.0. The maximum Gasteiger partial charge on any atom is 0.404 e. The van der Waals surface area contributed by atoms with Crippen molar-refractivity contribution in [3.63, 3.8) is 0 Å². The number of nitrogens with zero attached hydrogens (tertiary/aromatic N) is 2. The first kappa shape index (κ1) is 29.8. The van der Waals surface area contributed by atoms with Crippen LogP contribution in [0.25, 0.3) is 22.3 Å². The van der Waals surface area contributed by atoms with E-state index in [4.69, 9.17) is 14.8 Å². The van der Waals surface area contributed by atoms with Gasteiger partial charge in [0.05, 0.1) is 35.1 Å². The normalized spacial score (nSPS) is 19.5. The average Bonchev–Trinajstić information content (AvgIpc) is 3.37. The minimum Gasteiger partial charge on any atom is -0.465 e. The molecule has 0 saturated carbocycles. The van der Waals surface area contributed by atoms with Crippen LogP contribution in [0.5, 0.6) is 0 Å². The molecular weight excluding hydrogens is 566 g/mol. The van der Waals surface area contributed by atoms with Gasteiger partial charge >= 0.3 is 12.1 Å². The maximum absolute atomic E-state index is 13.6. The molecule has 2 amide bonds. The van der Waals surface area contributed by atoms with E-state index in [1.54, 1.807) is 24.5 Å². The Morgan fingerprint density at radius 1 is 1.11 bits per heavy atom. The Balaban J connectivity index is 1.33. The number of benzene rings is 1. The molecule has 1 aromatic carbocycles. The lowest BCUT2D eigenvalue weighted by molar-refractivity contribution is -0.172. The summed E-state index contributed by atoms with van der Waals surface area (Å²) < 4.78 is 6.84. The summed E-state index contributed by atoms with van der Waals surface area (Å²) in [5.74, 6) is -0.936. The largest absolute Gasteiger partial charge is 0.465 e. The van der Waals surface area contributed by atoms with Crippen LogP contribution in [0.15, 0.2) is 23.0 Å². The number of carbonyl (C=O) groups is 3. The van der Waals surface area contributed by atoms with E-state index in [1.165, 1.54) is 0 Å². The van der Waals surface area contributed by atoms with Crippen LogP contribution >= 0.6 is 0 Å². The summed E-state index contributed by atoms with van der Waals surface area (Å²) in [4.78, 5) is 55.5. The van der Waals surface area contributed by atoms with Gasteiger partial charge in [-0.25, -0.2) is 14.6 Å². The van der Waals surface area contributed by atoms with Crippen LogP contribution in [0.4, 0.5) is 10.5 Å². The minimum atomic E-state index is -1.88. The smallest absolute Gasteiger partial charge is 0.404 e. The average molecular weight is 604 g/mol. The van der Waals surface area contributed by atoms with Crippen LogP contribution in [0.3, 0.4) is 0 Å². The molecule has 2 unspecified atom stereocenters. The quantitative estimate of drug-likeness (QED) is 0.190. The van der Waals surface area contributed by atoms with E-state index >= 15 is 0 Å². The summed E-state index contributed by atoms with van der Waals surface area (Å²) in [5.41, 5.74) is 4.12. The molecule has 0 spiro atoms. The Bertz CT molecular complexity index is 1780. The highest BCUT2D eigenvalue weighted by Gasteiger charge is 2.45. The van der Waals surface area contributed by atoms with Crippen LogP contribution < -0.4 is 21.5 Å². The van der Waals surface area contributed by atoms with Gasteiger partial charge in [-0.05, 0) is 67.9 Å². The number of esters is 1. The molecule has 12 heteroatoms. The van der Waals surface area contributed by atoms with Gasteiger partial charge < -0.3 is 35.5 Å². The molecule has 2 aliphatic heterocycles. The van der Waals surface area contributed by atoms with Crippen LogP contribution in [0, 0.1) is 5.92 Å². The molecule has 3 aromatic rings. The summed E-state index contributed by atoms with van der Waals surface area (Å²) in [6, 6.07) is 4.53. The number of rotatable bonds is 8. The fourth-order valence-corrected chi connectivity index (χ4v) is 6.68. The van der Waals surface area contributed by atoms with Crippen molar-refractivity contribution in [2.24, 2.45) is 5.92 Å². The van der Waals surface area contributed by atoms with Gasteiger partial charge in [0.15, 0.2) is 5.60 Å². The minimum absolute atomic E-state index is 0.0487. The molecule has 6 rings (SSSR count). The number of fused-ring (bicyclic) bond motifs is 5. The number of amides is 2. The molecule has 5 N–H and O–H groups in total. The Hall–Kier alpha value is -4.29. The van der Waals surface area contributed by atoms with E-state index in [9.17, 15) is 24.3 Å². The van der Waals surface area contributed by atoms with Gasteiger partial charge in [-0.1, -0.05) is 20.8 Å². The molecule has 3 atom stereocenters. The monoisotopic (exact) mass is 603 g/mol. The fourth-order valence-electron chi connectivity index (χ4n) is 6.68. The van der Waals surface area contributed by atoms with Crippen molar-refractivity contribution in [1.82, 2.24) is 20.2 Å². The number of pyridine rings is 2. The number of aromatic nitrogens is 2. The zero-order valence-corrected chi connectivity index (χ0v) is 25.2. The highest BCUT2D eigenvalue weighted by atomic mass is 16.6. The van der Waals surface area contributed by atoms with Gasteiger partial charge in [-0.15, -0.1) is 0 Å². The highest BCUT2D eigenvalue weighted by molar-refractivity contribution is 6.01. The molecule has 0 saturated heterocycles. The third kappa shape index (κ3) is 4.72. The molecule has 0 fully saturated rings. The number of cyclic esters (lactones) is 1. The Morgan fingerprint density at radius 3 is 2.57 bits per heavy atom. The van der Waals surface area contributed by atoms with E-state index in [-0.39, 0.29) is 47.6 Å². The van der Waals surface area contributed by atoms with Crippen molar-refractivity contribution in [3.05, 3.63) is 56.4 Å². The van der Waals surface area contributed by atoms with Gasteiger partial charge in [0.25, 0.3) is 5.56 Å². The number of nitrogens with one attached hydrogen (secondary N) is 3. The Morgan fingerprint density at radius 2 is 1.86 bits per heavy atom. The van der Waals surface area contributed by atoms with Crippen molar-refractivity contribution in [3.8, 4) is 11.4 Å². The SMILES string of the molecule is CC[C@@]1(O)C(=O)OCc2c1cc1n(c2=O)Cc2c-1nc1ccc(NC(=O)C(C)NCC(NC(=O)O)C(C)C)c3c1c2CCC3. The second-order valence-electron chi connectivity index (χ2n) is 12.3. The Labute approximate surface area is 253 Å². The molecule has 0 radical (unpaired) electrons. The van der Waals surface area contributed by atoms with Crippen LogP contribution in [0.2, 0.25) is 0 Å². The van der Waals surface area contributed by atoms with Crippen molar-refractivity contribution in [2.75, 3.05) is 11.9 Å². The summed E-state index contributed by atoms with van der Waals surface area (Å²) in [6.45, 7) is 7.71. The van der Waals surface area contributed by atoms with E-state index < -0.39 is 23.7 Å². The fraction of sp³-hybridized carbons (Fsp3) is 0.469. The third-order valence-electron chi connectivity index (χ3n) is 9.34. The number of anilines is 1. The molecule has 1 aliphatic carbocycles. The van der Waals surface area contributed by atoms with Gasteiger partial charge in [-0.2, -0.15) is 0 Å². The van der Waals surface area contributed by atoms with Crippen LogP contribution in [-0.2, 0) is 45.9 Å². The third-order valence-corrected chi connectivity index (χ3v) is 9.34. The number of carbonyl (C=O) groups excluding carboxylic acids is 2. The van der Waals surface area contributed by atoms with E-state index in [2.05, 4.69) is 16.0 Å². The number of aliphatic hydroxyl groups is 1. The first-order valence-corrected chi connectivity index (χ1v) is 15.1. The molecule has 2 aromatic heterocycles. The number of hydrogen-bond acceptors (Lipinski definition) is 8. The standard InChI is InChI=1S/C32H37N5O7/c1-5-32(43)21-11-25-27-19(13-37(25)29(39)20(21)14-44-30(32)40)17-7-6-8-18-22(9-10-23(34-27)26(17)18)35-28(38)16(4)33-12-24(15(2)3)36-31(41)42/h9-11,15-16,24,33,36,43H,5-8,12-14H2,1-4H3,(H,35,38)(H,41,42)/t16?,24?,32-/m0/s1. The molecular formula is C32H37N5O7. The van der Waals surface area contributed by atoms with Gasteiger partial charge in [0, 0.05) is 34.8 Å². The van der Waals surface area contributed by atoms with Crippen LogP contribution in [-0.4, -0.2) is 56.4 Å². The van der Waals surface area contributed by atoms with Gasteiger partial charge in [0.2, 0.25) is 5.91 Å². The van der Waals surface area contributed by atoms with Crippen molar-refractivity contribution in [1.29, 1.82) is 0 Å². The molecule has 12 nitrogen and oxygen atoms in total. The first-order chi connectivity index (χ1) is 20.9. The van der Waals surface area contributed by atoms with E-state index in [0.29, 0.717) is 30.2 Å². The zero-order chi connectivity index (χ0) is 31.5. The topological polar surface area (TPSA) is 172 Å². The predicted molar refractivity (Wildman–Crippen MR) is 162 cm³/mol. The zero-order valence-electron chi connectivity index (χ0n) is 25.2. The predicted octanol–water partition coefficient (Wildman–Crippen LogP) is 2.78. The lowest BCUT2D eigenvalue weighted by Crippen LogP contribution is -2.49. The second-order valence-corrected chi connectivity index (χ2v) is 12.3. The molecule has 232 valence electrons. The van der Waals surface area contributed by atoms with Crippen molar-refractivity contribution < 1.29 is 29.3 Å². The van der Waals surface area contributed by atoms with Crippen molar-refractivity contribution in [2.45, 2.75) is 84.2 Å². The molecule has 4 heterocycles. The summed E-state index contributed by atoms with van der Waals surface area (Å²) in [5, 5.41) is 30.0. The summed E-state index contributed by atoms with van der Waals surface area (Å²) in [6.07, 6.45) is 1.38. The molecule has 0 bridgehead atoms. The van der Waals surface area contributed by atoms with E-state index in [1.807, 2.05) is 26.0 Å². The number of carboxylic acid groups (broad SMARTS) is 1. The van der Waals surface area contributed by atoms with E-state index in [0.717, 1.165) is 46.9 Å². The first-order valence-electron chi connectivity index (χ1n) is 15.1. The molecule has 44 heavy (non-hydrogen) atoms. The lowest BCUT2D eigenvalue weighted by Gasteiger charge is -2.31. The number of aryl methyl sites for hydroxylation is 2.